The van der Waals surface area contributed by atoms with Crippen LogP contribution in [0, 0.1) is 0 Å². The highest BCUT2D eigenvalue weighted by Gasteiger charge is 2.29. The molecule has 0 spiro atoms. The van der Waals surface area contributed by atoms with Crippen molar-refractivity contribution in [3.63, 3.8) is 0 Å². The average molecular weight is 503 g/mol. The lowest BCUT2D eigenvalue weighted by atomic mass is 10.0. The van der Waals surface area contributed by atoms with Crippen LogP contribution in [-0.2, 0) is 0 Å². The van der Waals surface area contributed by atoms with Gasteiger partial charge in [0.15, 0.2) is 18.1 Å². The quantitative estimate of drug-likeness (QED) is 0.314. The molecule has 0 unspecified atom stereocenters. The molecular weight excluding hydrogens is 484 g/mol. The zero-order chi connectivity index (χ0) is 22.9. The summed E-state index contributed by atoms with van der Waals surface area (Å²) in [7, 11) is 0. The fourth-order valence-corrected chi connectivity index (χ4v) is 3.96. The van der Waals surface area contributed by atoms with Crippen molar-refractivity contribution in [3.8, 4) is 17.2 Å². The number of allylic oxidation sites excluding steroid dienone is 1. The summed E-state index contributed by atoms with van der Waals surface area (Å²) in [6.45, 7) is 1.82. The molecule has 6 heteroatoms. The Morgan fingerprint density at radius 1 is 1.06 bits per heavy atom. The van der Waals surface area contributed by atoms with Crippen LogP contribution in [0.5, 0.6) is 17.2 Å². The fraction of sp³-hybridized carbons (Fsp3) is 0.111. The lowest BCUT2D eigenvalue weighted by Crippen LogP contribution is -2.18. The van der Waals surface area contributed by atoms with Gasteiger partial charge in [0.25, 0.3) is 0 Å². The Bertz CT molecular complexity index is 1320. The molecule has 2 aliphatic heterocycles. The summed E-state index contributed by atoms with van der Waals surface area (Å²) in [6, 6.07) is 19.8. The molecule has 0 amide bonds. The van der Waals surface area contributed by atoms with Crippen molar-refractivity contribution in [2.75, 3.05) is 6.61 Å². The van der Waals surface area contributed by atoms with Gasteiger partial charge in [-0.05, 0) is 55.0 Å². The molecule has 5 nitrogen and oxygen atoms in total. The van der Waals surface area contributed by atoms with Crippen molar-refractivity contribution in [2.24, 2.45) is 0 Å². The van der Waals surface area contributed by atoms with E-state index in [-0.39, 0.29) is 30.0 Å². The Morgan fingerprint density at radius 3 is 2.67 bits per heavy atom. The number of para-hydroxylation sites is 1. The second-order valence-corrected chi connectivity index (χ2v) is 8.67. The zero-order valence-electron chi connectivity index (χ0n) is 17.7. The third kappa shape index (κ3) is 4.34. The molecule has 1 atom stereocenters. The predicted octanol–water partition coefficient (Wildman–Crippen LogP) is 6.03. The van der Waals surface area contributed by atoms with Crippen molar-refractivity contribution < 1.29 is 23.8 Å². The van der Waals surface area contributed by atoms with E-state index in [1.807, 2.05) is 49.4 Å². The maximum absolute atomic E-state index is 12.9. The third-order valence-electron chi connectivity index (χ3n) is 5.49. The molecule has 0 saturated carbocycles. The van der Waals surface area contributed by atoms with Crippen LogP contribution in [0.3, 0.4) is 0 Å². The largest absolute Gasteiger partial charge is 0.485 e. The van der Waals surface area contributed by atoms with Crippen molar-refractivity contribution in [1.29, 1.82) is 0 Å². The van der Waals surface area contributed by atoms with Gasteiger partial charge in [0.2, 0.25) is 5.78 Å². The number of ether oxygens (including phenoxy) is 3. The van der Waals surface area contributed by atoms with Crippen LogP contribution < -0.4 is 14.2 Å². The molecule has 0 bridgehead atoms. The van der Waals surface area contributed by atoms with Gasteiger partial charge in [-0.3, -0.25) is 9.59 Å². The third-order valence-corrected chi connectivity index (χ3v) is 6.02. The van der Waals surface area contributed by atoms with E-state index >= 15 is 0 Å². The van der Waals surface area contributed by atoms with Gasteiger partial charge in [0, 0.05) is 21.7 Å². The van der Waals surface area contributed by atoms with E-state index in [0.29, 0.717) is 22.6 Å². The summed E-state index contributed by atoms with van der Waals surface area (Å²) in [5, 5.41) is 0. The van der Waals surface area contributed by atoms with Gasteiger partial charge in [0.05, 0.1) is 5.56 Å². The SMILES string of the molecule is C[C@@H]1Oc2ccccc2C=C1C=C1Oc2cc(OCC(=O)c3ccc(Br)cc3)ccc2C1=O. The van der Waals surface area contributed by atoms with E-state index in [2.05, 4.69) is 15.9 Å². The maximum Gasteiger partial charge on any atom is 0.231 e. The summed E-state index contributed by atoms with van der Waals surface area (Å²) in [6.07, 6.45) is 3.51. The number of halogens is 1. The first kappa shape index (κ1) is 21.2. The highest BCUT2D eigenvalue weighted by molar-refractivity contribution is 9.10. The molecule has 2 heterocycles. The second-order valence-electron chi connectivity index (χ2n) is 7.76. The Labute approximate surface area is 199 Å². The minimum Gasteiger partial charge on any atom is -0.485 e. The van der Waals surface area contributed by atoms with Gasteiger partial charge >= 0.3 is 0 Å². The van der Waals surface area contributed by atoms with Gasteiger partial charge in [-0.15, -0.1) is 0 Å². The minimum atomic E-state index is -0.212. The van der Waals surface area contributed by atoms with E-state index < -0.39 is 0 Å². The number of carbonyl (C=O) groups excluding carboxylic acids is 2. The molecule has 0 aliphatic carbocycles. The van der Waals surface area contributed by atoms with Gasteiger partial charge < -0.3 is 14.2 Å². The molecule has 3 aromatic rings. The lowest BCUT2D eigenvalue weighted by Gasteiger charge is -2.22. The Hall–Kier alpha value is -3.64. The summed E-state index contributed by atoms with van der Waals surface area (Å²) in [5.41, 5.74) is 2.82. The lowest BCUT2D eigenvalue weighted by molar-refractivity contribution is 0.0921. The molecule has 3 aromatic carbocycles. The van der Waals surface area contributed by atoms with Crippen LogP contribution in [0.4, 0.5) is 0 Å². The van der Waals surface area contributed by atoms with E-state index in [4.69, 9.17) is 14.2 Å². The first-order chi connectivity index (χ1) is 16.0. The van der Waals surface area contributed by atoms with Crippen molar-refractivity contribution in [2.45, 2.75) is 13.0 Å². The molecule has 33 heavy (non-hydrogen) atoms. The minimum absolute atomic E-state index is 0.113. The number of hydrogen-bond acceptors (Lipinski definition) is 5. The van der Waals surface area contributed by atoms with Crippen LogP contribution in [0.15, 0.2) is 88.6 Å². The molecule has 2 aliphatic rings. The standard InChI is InChI=1S/C27H19BrO5/c1-16-19(12-18-4-2-3-5-24(18)32-16)13-26-27(30)22-11-10-21(14-25(22)33-26)31-15-23(29)17-6-8-20(28)9-7-17/h2-14,16H,15H2,1H3/t16-/m0/s1. The van der Waals surface area contributed by atoms with Gasteiger partial charge in [-0.25, -0.2) is 0 Å². The number of benzene rings is 3. The summed E-state index contributed by atoms with van der Waals surface area (Å²) >= 11 is 3.35. The molecule has 0 saturated heterocycles. The van der Waals surface area contributed by atoms with E-state index in [1.165, 1.54) is 0 Å². The maximum atomic E-state index is 12.9. The summed E-state index contributed by atoms with van der Waals surface area (Å²) < 4.78 is 18.3. The first-order valence-corrected chi connectivity index (χ1v) is 11.2. The van der Waals surface area contributed by atoms with E-state index in [0.717, 1.165) is 21.4 Å². The second kappa shape index (κ2) is 8.71. The molecular formula is C27H19BrO5. The van der Waals surface area contributed by atoms with Crippen LogP contribution in [-0.4, -0.2) is 24.3 Å². The number of hydrogen-bond donors (Lipinski definition) is 0. The summed E-state index contributed by atoms with van der Waals surface area (Å²) in [4.78, 5) is 25.2. The van der Waals surface area contributed by atoms with Crippen LogP contribution >= 0.6 is 15.9 Å². The Balaban J connectivity index is 1.31. The van der Waals surface area contributed by atoms with Crippen LogP contribution in [0.25, 0.3) is 6.08 Å². The van der Waals surface area contributed by atoms with Gasteiger partial charge in [-0.1, -0.05) is 46.3 Å². The van der Waals surface area contributed by atoms with Crippen molar-refractivity contribution in [3.05, 3.63) is 105 Å². The topological polar surface area (TPSA) is 61.8 Å². The molecule has 0 aromatic heterocycles. The number of Topliss-reactive ketones (excluding diaryl/α,β-unsaturated/α-hetero) is 2. The van der Waals surface area contributed by atoms with Gasteiger partial charge in [-0.2, -0.15) is 0 Å². The zero-order valence-corrected chi connectivity index (χ0v) is 19.3. The van der Waals surface area contributed by atoms with Crippen molar-refractivity contribution >= 4 is 33.6 Å². The molecule has 0 fully saturated rings. The first-order valence-electron chi connectivity index (χ1n) is 10.4. The van der Waals surface area contributed by atoms with E-state index in [1.54, 1.807) is 36.4 Å². The van der Waals surface area contributed by atoms with Gasteiger partial charge in [0.1, 0.15) is 23.4 Å². The highest BCUT2D eigenvalue weighted by Crippen LogP contribution is 2.36. The number of fused-ring (bicyclic) bond motifs is 2. The molecule has 0 N–H and O–H groups in total. The predicted molar refractivity (Wildman–Crippen MR) is 128 cm³/mol. The smallest absolute Gasteiger partial charge is 0.231 e. The monoisotopic (exact) mass is 502 g/mol. The normalized spacial score (nSPS) is 17.5. The number of carbonyl (C=O) groups is 2. The van der Waals surface area contributed by atoms with Crippen LogP contribution in [0.1, 0.15) is 33.2 Å². The number of ketones is 2. The molecule has 5 rings (SSSR count). The fourth-order valence-electron chi connectivity index (χ4n) is 3.70. The number of rotatable bonds is 5. The highest BCUT2D eigenvalue weighted by atomic mass is 79.9. The molecule has 164 valence electrons. The summed E-state index contributed by atoms with van der Waals surface area (Å²) in [5.74, 6) is 1.57. The van der Waals surface area contributed by atoms with Crippen molar-refractivity contribution in [1.82, 2.24) is 0 Å². The Kier molecular flexibility index (Phi) is 5.60. The molecule has 0 radical (unpaired) electrons. The average Bonchev–Trinajstić information content (AvgIpc) is 3.13. The van der Waals surface area contributed by atoms with E-state index in [9.17, 15) is 9.59 Å². The Morgan fingerprint density at radius 2 is 1.85 bits per heavy atom. The van der Waals surface area contributed by atoms with Crippen LogP contribution in [0.2, 0.25) is 0 Å².